The zero-order valence-electron chi connectivity index (χ0n) is 19.1. The fourth-order valence-corrected chi connectivity index (χ4v) is 3.91. The Balaban J connectivity index is 1.68. The molecule has 0 saturated carbocycles. The molecule has 2 heterocycles. The number of alkyl halides is 1. The van der Waals surface area contributed by atoms with Crippen LogP contribution in [0.3, 0.4) is 0 Å². The lowest BCUT2D eigenvalue weighted by molar-refractivity contribution is 0.307. The number of hydrogen-bond acceptors (Lipinski definition) is 5. The second-order valence-electron chi connectivity index (χ2n) is 7.96. The lowest BCUT2D eigenvalue weighted by atomic mass is 10.1. The standard InChI is InChI=1S/C25H24ClF2N5O/c1-14-8-23(33-17(4)30-13-31-33)20-6-5-7-24(25(20)32-14)34-12-21-18(9-19(28)10-22(21)26)11-29-16(3)15(2)27/h5-10,13,15,29H,3,11-12H2,1-2,4H3. The molecule has 9 heteroatoms. The van der Waals surface area contributed by atoms with Crippen LogP contribution in [0.25, 0.3) is 16.6 Å². The SMILES string of the molecule is C=C(NCc1cc(F)cc(Cl)c1COc1cccc2c(-n3ncnc3C)cc(C)nc12)C(C)F. The van der Waals surface area contributed by atoms with Gasteiger partial charge in [0.05, 0.1) is 10.7 Å². The number of pyridine rings is 1. The van der Waals surface area contributed by atoms with E-state index < -0.39 is 12.0 Å². The number of para-hydroxylation sites is 1. The number of fused-ring (bicyclic) bond motifs is 1. The first-order chi connectivity index (χ1) is 16.2. The Hall–Kier alpha value is -3.52. The summed E-state index contributed by atoms with van der Waals surface area (Å²) >= 11 is 6.35. The number of hydrogen-bond donors (Lipinski definition) is 1. The van der Waals surface area contributed by atoms with E-state index in [-0.39, 0.29) is 23.9 Å². The van der Waals surface area contributed by atoms with Crippen molar-refractivity contribution < 1.29 is 13.5 Å². The molecule has 34 heavy (non-hydrogen) atoms. The highest BCUT2D eigenvalue weighted by atomic mass is 35.5. The summed E-state index contributed by atoms with van der Waals surface area (Å²) in [7, 11) is 0. The molecule has 4 aromatic rings. The summed E-state index contributed by atoms with van der Waals surface area (Å²) in [5, 5.41) is 8.27. The van der Waals surface area contributed by atoms with E-state index in [9.17, 15) is 8.78 Å². The van der Waals surface area contributed by atoms with E-state index in [1.165, 1.54) is 25.4 Å². The van der Waals surface area contributed by atoms with E-state index in [2.05, 4.69) is 27.0 Å². The molecule has 176 valence electrons. The Kier molecular flexibility index (Phi) is 6.79. The van der Waals surface area contributed by atoms with Crippen molar-refractivity contribution in [2.45, 2.75) is 40.1 Å². The summed E-state index contributed by atoms with van der Waals surface area (Å²) in [4.78, 5) is 8.90. The Morgan fingerprint density at radius 2 is 2.06 bits per heavy atom. The number of ether oxygens (including phenoxy) is 1. The fraction of sp³-hybridized carbons (Fsp3) is 0.240. The molecule has 0 spiro atoms. The van der Waals surface area contributed by atoms with Crippen molar-refractivity contribution in [2.24, 2.45) is 0 Å². The highest BCUT2D eigenvalue weighted by Gasteiger charge is 2.16. The van der Waals surface area contributed by atoms with Gasteiger partial charge in [-0.15, -0.1) is 0 Å². The number of nitrogens with zero attached hydrogens (tertiary/aromatic N) is 4. The lowest BCUT2D eigenvalue weighted by Crippen LogP contribution is -2.19. The maximum absolute atomic E-state index is 14.0. The minimum atomic E-state index is -1.24. The largest absolute Gasteiger partial charge is 0.487 e. The molecule has 0 fully saturated rings. The first-order valence-electron chi connectivity index (χ1n) is 10.7. The number of nitrogens with one attached hydrogen (secondary N) is 1. The average molecular weight is 484 g/mol. The highest BCUT2D eigenvalue weighted by molar-refractivity contribution is 6.31. The molecule has 0 saturated heterocycles. The molecule has 0 aliphatic carbocycles. The summed E-state index contributed by atoms with van der Waals surface area (Å²) in [5.41, 5.74) is 3.63. The monoisotopic (exact) mass is 483 g/mol. The Morgan fingerprint density at radius 3 is 2.76 bits per heavy atom. The molecule has 1 atom stereocenters. The van der Waals surface area contributed by atoms with E-state index in [1.54, 1.807) is 4.68 Å². The molecule has 0 aliphatic rings. The van der Waals surface area contributed by atoms with Gasteiger partial charge in [-0.05, 0) is 50.6 Å². The van der Waals surface area contributed by atoms with Crippen molar-refractivity contribution in [1.29, 1.82) is 0 Å². The quantitative estimate of drug-likeness (QED) is 0.345. The molecule has 0 bridgehead atoms. The van der Waals surface area contributed by atoms with Crippen LogP contribution < -0.4 is 10.1 Å². The van der Waals surface area contributed by atoms with Gasteiger partial charge >= 0.3 is 0 Å². The fourth-order valence-electron chi connectivity index (χ4n) is 3.63. The smallest absolute Gasteiger partial charge is 0.146 e. The van der Waals surface area contributed by atoms with E-state index in [0.29, 0.717) is 22.4 Å². The van der Waals surface area contributed by atoms with Gasteiger partial charge in [0.1, 0.15) is 42.0 Å². The van der Waals surface area contributed by atoms with Gasteiger partial charge in [0.15, 0.2) is 0 Å². The van der Waals surface area contributed by atoms with Gasteiger partial charge < -0.3 is 10.1 Å². The zero-order valence-corrected chi connectivity index (χ0v) is 19.8. The molecule has 0 aliphatic heterocycles. The Labute approximate surface area is 201 Å². The van der Waals surface area contributed by atoms with Gasteiger partial charge in [-0.3, -0.25) is 0 Å². The summed E-state index contributed by atoms with van der Waals surface area (Å²) < 4.78 is 35.4. The molecular formula is C25H24ClF2N5O. The predicted molar refractivity (Wildman–Crippen MR) is 128 cm³/mol. The molecule has 2 aromatic heterocycles. The first kappa shape index (κ1) is 23.6. The maximum Gasteiger partial charge on any atom is 0.146 e. The number of benzene rings is 2. The molecule has 0 radical (unpaired) electrons. The van der Waals surface area contributed by atoms with E-state index >= 15 is 0 Å². The molecule has 1 N–H and O–H groups in total. The van der Waals surface area contributed by atoms with Crippen molar-refractivity contribution in [1.82, 2.24) is 25.1 Å². The predicted octanol–water partition coefficient (Wildman–Crippen LogP) is 5.77. The van der Waals surface area contributed by atoms with Gasteiger partial charge in [-0.2, -0.15) is 5.10 Å². The van der Waals surface area contributed by atoms with Crippen molar-refractivity contribution >= 4 is 22.5 Å². The third kappa shape index (κ3) is 4.87. The number of aryl methyl sites for hydroxylation is 2. The third-order valence-corrected chi connectivity index (χ3v) is 5.80. The van der Waals surface area contributed by atoms with Crippen molar-refractivity contribution in [3.05, 3.63) is 88.5 Å². The second-order valence-corrected chi connectivity index (χ2v) is 8.37. The summed E-state index contributed by atoms with van der Waals surface area (Å²) in [5.74, 6) is 0.804. The van der Waals surface area contributed by atoms with E-state index in [4.69, 9.17) is 16.3 Å². The van der Waals surface area contributed by atoms with Crippen LogP contribution in [0, 0.1) is 19.7 Å². The molecule has 4 rings (SSSR count). The minimum Gasteiger partial charge on any atom is -0.487 e. The molecule has 0 amide bonds. The average Bonchev–Trinajstić information content (AvgIpc) is 3.21. The van der Waals surface area contributed by atoms with Crippen molar-refractivity contribution in [2.75, 3.05) is 0 Å². The maximum atomic E-state index is 14.0. The number of rotatable bonds is 8. The normalized spacial score (nSPS) is 12.1. The van der Waals surface area contributed by atoms with Crippen LogP contribution in [0.2, 0.25) is 5.02 Å². The van der Waals surface area contributed by atoms with Crippen LogP contribution in [0.4, 0.5) is 8.78 Å². The topological polar surface area (TPSA) is 64.9 Å². The van der Waals surface area contributed by atoms with Crippen LogP contribution in [0.15, 0.2) is 55.0 Å². The van der Waals surface area contributed by atoms with Crippen LogP contribution >= 0.6 is 11.6 Å². The van der Waals surface area contributed by atoms with Crippen LogP contribution in [0.5, 0.6) is 5.75 Å². The molecule has 2 aromatic carbocycles. The van der Waals surface area contributed by atoms with Gasteiger partial charge in [0.25, 0.3) is 0 Å². The molecular weight excluding hydrogens is 460 g/mol. The highest BCUT2D eigenvalue weighted by Crippen LogP contribution is 2.31. The van der Waals surface area contributed by atoms with Gasteiger partial charge in [0.2, 0.25) is 0 Å². The summed E-state index contributed by atoms with van der Waals surface area (Å²) in [6.07, 6.45) is 0.262. The third-order valence-electron chi connectivity index (χ3n) is 5.47. The number of aromatic nitrogens is 4. The molecule has 6 nitrogen and oxygen atoms in total. The van der Waals surface area contributed by atoms with Crippen LogP contribution in [-0.4, -0.2) is 25.9 Å². The van der Waals surface area contributed by atoms with Gasteiger partial charge in [-0.1, -0.05) is 30.3 Å². The number of allylic oxidation sites excluding steroid dienone is 1. The van der Waals surface area contributed by atoms with Crippen LogP contribution in [0.1, 0.15) is 29.6 Å². The van der Waals surface area contributed by atoms with Crippen LogP contribution in [-0.2, 0) is 13.2 Å². The number of halogens is 3. The molecule has 1 unspecified atom stereocenters. The zero-order chi connectivity index (χ0) is 24.4. The summed E-state index contributed by atoms with van der Waals surface area (Å²) in [6, 6.07) is 10.1. The second kappa shape index (κ2) is 9.77. The van der Waals surface area contributed by atoms with Crippen molar-refractivity contribution in [3.8, 4) is 11.4 Å². The lowest BCUT2D eigenvalue weighted by Gasteiger charge is -2.17. The van der Waals surface area contributed by atoms with Crippen molar-refractivity contribution in [3.63, 3.8) is 0 Å². The van der Waals surface area contributed by atoms with E-state index in [0.717, 1.165) is 22.6 Å². The van der Waals surface area contributed by atoms with Gasteiger partial charge in [0, 0.05) is 28.9 Å². The Bertz CT molecular complexity index is 1370. The minimum absolute atomic E-state index is 0.0696. The summed E-state index contributed by atoms with van der Waals surface area (Å²) in [6.45, 7) is 9.03. The Morgan fingerprint density at radius 1 is 1.26 bits per heavy atom. The van der Waals surface area contributed by atoms with Gasteiger partial charge in [-0.25, -0.2) is 23.4 Å². The first-order valence-corrected chi connectivity index (χ1v) is 11.1. The van der Waals surface area contributed by atoms with E-state index in [1.807, 2.05) is 38.1 Å².